The first-order valence-electron chi connectivity index (χ1n) is 5.51. The van der Waals surface area contributed by atoms with E-state index in [9.17, 15) is 4.39 Å². The van der Waals surface area contributed by atoms with Crippen molar-refractivity contribution in [1.82, 2.24) is 0 Å². The second-order valence-electron chi connectivity index (χ2n) is 4.05. The number of benzene rings is 1. The maximum Gasteiger partial charge on any atom is 0.142 e. The summed E-state index contributed by atoms with van der Waals surface area (Å²) in [7, 11) is 0. The van der Waals surface area contributed by atoms with Crippen molar-refractivity contribution in [2.24, 2.45) is 5.92 Å². The summed E-state index contributed by atoms with van der Waals surface area (Å²) in [6.07, 6.45) is 2.03. The van der Waals surface area contributed by atoms with Gasteiger partial charge in [-0.2, -0.15) is 0 Å². The van der Waals surface area contributed by atoms with Crippen molar-refractivity contribution in [3.8, 4) is 5.75 Å². The molecular formula is C12H16FNO2. The molecule has 1 aliphatic rings. The van der Waals surface area contributed by atoms with E-state index in [0.29, 0.717) is 24.0 Å². The smallest absolute Gasteiger partial charge is 0.142 e. The van der Waals surface area contributed by atoms with Gasteiger partial charge in [-0.25, -0.2) is 4.39 Å². The summed E-state index contributed by atoms with van der Waals surface area (Å²) >= 11 is 0. The summed E-state index contributed by atoms with van der Waals surface area (Å²) < 4.78 is 23.6. The molecule has 1 saturated heterocycles. The zero-order valence-electron chi connectivity index (χ0n) is 9.12. The van der Waals surface area contributed by atoms with Crippen molar-refractivity contribution in [1.29, 1.82) is 0 Å². The molecular weight excluding hydrogens is 209 g/mol. The fourth-order valence-electron chi connectivity index (χ4n) is 1.77. The van der Waals surface area contributed by atoms with E-state index in [1.165, 1.54) is 12.1 Å². The van der Waals surface area contributed by atoms with E-state index >= 15 is 0 Å². The van der Waals surface area contributed by atoms with Crippen LogP contribution in [-0.2, 0) is 4.74 Å². The van der Waals surface area contributed by atoms with Gasteiger partial charge >= 0.3 is 0 Å². The highest BCUT2D eigenvalue weighted by molar-refractivity contribution is 5.52. The van der Waals surface area contributed by atoms with Gasteiger partial charge in [0.25, 0.3) is 0 Å². The van der Waals surface area contributed by atoms with Crippen LogP contribution >= 0.6 is 0 Å². The second-order valence-corrected chi connectivity index (χ2v) is 4.05. The summed E-state index contributed by atoms with van der Waals surface area (Å²) in [5.74, 6) is 0.738. The van der Waals surface area contributed by atoms with Crippen molar-refractivity contribution in [2.75, 3.05) is 25.6 Å². The molecule has 0 aliphatic carbocycles. The molecule has 1 aromatic carbocycles. The Balaban J connectivity index is 1.88. The lowest BCUT2D eigenvalue weighted by molar-refractivity contribution is 0.0498. The Labute approximate surface area is 94.3 Å². The fraction of sp³-hybridized carbons (Fsp3) is 0.500. The van der Waals surface area contributed by atoms with Crippen molar-refractivity contribution in [3.05, 3.63) is 24.0 Å². The van der Waals surface area contributed by atoms with Gasteiger partial charge in [-0.1, -0.05) is 0 Å². The Kier molecular flexibility index (Phi) is 3.62. The largest absolute Gasteiger partial charge is 0.491 e. The Hall–Kier alpha value is -1.29. The van der Waals surface area contributed by atoms with Gasteiger partial charge in [-0.15, -0.1) is 0 Å². The molecule has 0 radical (unpaired) electrons. The Morgan fingerprint density at radius 1 is 1.38 bits per heavy atom. The first-order chi connectivity index (χ1) is 7.75. The van der Waals surface area contributed by atoms with E-state index in [4.69, 9.17) is 15.2 Å². The predicted octanol–water partition coefficient (Wildman–Crippen LogP) is 2.21. The molecule has 0 bridgehead atoms. The van der Waals surface area contributed by atoms with Crippen LogP contribution in [0.5, 0.6) is 5.75 Å². The molecule has 4 heteroatoms. The summed E-state index contributed by atoms with van der Waals surface area (Å²) in [5, 5.41) is 0. The van der Waals surface area contributed by atoms with Gasteiger partial charge < -0.3 is 15.2 Å². The maximum atomic E-state index is 12.8. The minimum atomic E-state index is -0.337. The van der Waals surface area contributed by atoms with Crippen LogP contribution in [-0.4, -0.2) is 19.8 Å². The SMILES string of the molecule is Nc1cc(F)ccc1OCC1CCOCC1. The van der Waals surface area contributed by atoms with Crippen molar-refractivity contribution in [3.63, 3.8) is 0 Å². The molecule has 0 aromatic heterocycles. The molecule has 0 spiro atoms. The average molecular weight is 225 g/mol. The van der Waals surface area contributed by atoms with Crippen LogP contribution in [0.1, 0.15) is 12.8 Å². The third-order valence-electron chi connectivity index (χ3n) is 2.79. The highest BCUT2D eigenvalue weighted by atomic mass is 19.1. The molecule has 0 unspecified atom stereocenters. The quantitative estimate of drug-likeness (QED) is 0.802. The number of anilines is 1. The van der Waals surface area contributed by atoms with E-state index < -0.39 is 0 Å². The maximum absolute atomic E-state index is 12.8. The van der Waals surface area contributed by atoms with E-state index in [2.05, 4.69) is 0 Å². The van der Waals surface area contributed by atoms with Crippen LogP contribution in [0.4, 0.5) is 10.1 Å². The minimum Gasteiger partial charge on any atom is -0.491 e. The van der Waals surface area contributed by atoms with Crippen molar-refractivity contribution >= 4 is 5.69 Å². The van der Waals surface area contributed by atoms with Crippen LogP contribution in [0.2, 0.25) is 0 Å². The van der Waals surface area contributed by atoms with Gasteiger partial charge in [-0.3, -0.25) is 0 Å². The summed E-state index contributed by atoms with van der Waals surface area (Å²) in [5.41, 5.74) is 6.00. The van der Waals surface area contributed by atoms with E-state index in [0.717, 1.165) is 26.1 Å². The summed E-state index contributed by atoms with van der Waals surface area (Å²) in [6.45, 7) is 2.22. The number of ether oxygens (including phenoxy) is 2. The number of halogens is 1. The Morgan fingerprint density at radius 3 is 2.81 bits per heavy atom. The molecule has 1 heterocycles. The number of nitrogen functional groups attached to an aromatic ring is 1. The third-order valence-corrected chi connectivity index (χ3v) is 2.79. The lowest BCUT2D eigenvalue weighted by Gasteiger charge is -2.22. The first kappa shape index (κ1) is 11.2. The fourth-order valence-corrected chi connectivity index (χ4v) is 1.77. The lowest BCUT2D eigenvalue weighted by Crippen LogP contribution is -2.21. The van der Waals surface area contributed by atoms with Gasteiger partial charge in [0.15, 0.2) is 0 Å². The molecule has 1 fully saturated rings. The summed E-state index contributed by atoms with van der Waals surface area (Å²) in [6, 6.07) is 4.21. The normalized spacial score (nSPS) is 17.3. The van der Waals surface area contributed by atoms with Gasteiger partial charge in [0.2, 0.25) is 0 Å². The third kappa shape index (κ3) is 2.85. The van der Waals surface area contributed by atoms with Crippen LogP contribution in [0, 0.1) is 11.7 Å². The lowest BCUT2D eigenvalue weighted by atomic mass is 10.0. The van der Waals surface area contributed by atoms with Gasteiger partial charge in [0, 0.05) is 19.3 Å². The highest BCUT2D eigenvalue weighted by Crippen LogP contribution is 2.24. The van der Waals surface area contributed by atoms with E-state index in [-0.39, 0.29) is 5.82 Å². The Bertz CT molecular complexity index is 351. The van der Waals surface area contributed by atoms with Crippen LogP contribution in [0.3, 0.4) is 0 Å². The van der Waals surface area contributed by atoms with Crippen LogP contribution < -0.4 is 10.5 Å². The van der Waals surface area contributed by atoms with Gasteiger partial charge in [0.1, 0.15) is 11.6 Å². The standard InChI is InChI=1S/C12H16FNO2/c13-10-1-2-12(11(14)7-10)16-8-9-3-5-15-6-4-9/h1-2,7,9H,3-6,8,14H2. The molecule has 3 nitrogen and oxygen atoms in total. The van der Waals surface area contributed by atoms with Crippen LogP contribution in [0.25, 0.3) is 0 Å². The van der Waals surface area contributed by atoms with Crippen molar-refractivity contribution < 1.29 is 13.9 Å². The molecule has 0 amide bonds. The second kappa shape index (κ2) is 5.16. The van der Waals surface area contributed by atoms with E-state index in [1.54, 1.807) is 6.07 Å². The van der Waals surface area contributed by atoms with E-state index in [1.807, 2.05) is 0 Å². The number of hydrogen-bond acceptors (Lipinski definition) is 3. The topological polar surface area (TPSA) is 44.5 Å². The van der Waals surface area contributed by atoms with Gasteiger partial charge in [0.05, 0.1) is 12.3 Å². The molecule has 2 N–H and O–H groups in total. The first-order valence-corrected chi connectivity index (χ1v) is 5.51. The monoisotopic (exact) mass is 225 g/mol. The molecule has 1 aliphatic heterocycles. The summed E-state index contributed by atoms with van der Waals surface area (Å²) in [4.78, 5) is 0. The Morgan fingerprint density at radius 2 is 2.12 bits per heavy atom. The number of hydrogen-bond donors (Lipinski definition) is 1. The molecule has 88 valence electrons. The van der Waals surface area contributed by atoms with Crippen molar-refractivity contribution in [2.45, 2.75) is 12.8 Å². The van der Waals surface area contributed by atoms with Gasteiger partial charge in [-0.05, 0) is 30.9 Å². The molecule has 2 rings (SSSR count). The molecule has 0 atom stereocenters. The zero-order chi connectivity index (χ0) is 11.4. The zero-order valence-corrected chi connectivity index (χ0v) is 9.12. The molecule has 1 aromatic rings. The molecule has 16 heavy (non-hydrogen) atoms. The predicted molar refractivity (Wildman–Crippen MR) is 59.9 cm³/mol. The van der Waals surface area contributed by atoms with Crippen LogP contribution in [0.15, 0.2) is 18.2 Å². The highest BCUT2D eigenvalue weighted by Gasteiger charge is 2.14. The minimum absolute atomic E-state index is 0.337. The average Bonchev–Trinajstić information content (AvgIpc) is 2.29. The number of nitrogens with two attached hydrogens (primary N) is 1. The number of rotatable bonds is 3. The molecule has 0 saturated carbocycles.